The van der Waals surface area contributed by atoms with Crippen molar-refractivity contribution >= 4 is 11.6 Å². The predicted molar refractivity (Wildman–Crippen MR) is 67.0 cm³/mol. The normalized spacial score (nSPS) is 24.7. The number of hydrogen-bond acceptors (Lipinski definition) is 2. The quantitative estimate of drug-likeness (QED) is 0.577. The second kappa shape index (κ2) is 4.82. The van der Waals surface area contributed by atoms with Crippen molar-refractivity contribution in [2.45, 2.75) is 33.1 Å². The molecule has 90 valence electrons. The molecule has 2 atom stereocenters. The van der Waals surface area contributed by atoms with Gasteiger partial charge in [0.05, 0.1) is 5.92 Å². The lowest BCUT2D eigenvalue weighted by molar-refractivity contribution is -0.123. The van der Waals surface area contributed by atoms with Crippen LogP contribution in [0.3, 0.4) is 0 Å². The van der Waals surface area contributed by atoms with Gasteiger partial charge in [-0.1, -0.05) is 30.7 Å². The van der Waals surface area contributed by atoms with E-state index in [-0.39, 0.29) is 11.6 Å². The Hall–Kier alpha value is -1.44. The molecule has 1 fully saturated rings. The van der Waals surface area contributed by atoms with E-state index in [1.807, 2.05) is 31.2 Å². The van der Waals surface area contributed by atoms with Crippen LogP contribution >= 0.6 is 0 Å². The van der Waals surface area contributed by atoms with Gasteiger partial charge in [-0.15, -0.1) is 0 Å². The van der Waals surface area contributed by atoms with E-state index in [2.05, 4.69) is 6.92 Å². The van der Waals surface area contributed by atoms with Crippen LogP contribution in [0.2, 0.25) is 0 Å². The standard InChI is InChI=1S/C15H18O2/c1-10-4-3-5-12(8-10)15(17)13-9-11(2)6-7-14(13)16/h3-5,8,11,13H,6-7,9H2,1-2H3. The minimum absolute atomic E-state index is 0.00486. The summed E-state index contributed by atoms with van der Waals surface area (Å²) in [6.07, 6.45) is 2.20. The van der Waals surface area contributed by atoms with E-state index in [1.54, 1.807) is 0 Å². The molecule has 2 nitrogen and oxygen atoms in total. The van der Waals surface area contributed by atoms with Gasteiger partial charge in [0.25, 0.3) is 0 Å². The van der Waals surface area contributed by atoms with Crippen LogP contribution in [-0.2, 0) is 4.79 Å². The molecule has 0 aliphatic heterocycles. The molecule has 0 N–H and O–H groups in total. The molecule has 0 spiro atoms. The van der Waals surface area contributed by atoms with Gasteiger partial charge in [0.15, 0.2) is 5.78 Å². The average Bonchev–Trinajstić information content (AvgIpc) is 2.31. The molecule has 0 saturated heterocycles. The van der Waals surface area contributed by atoms with Crippen molar-refractivity contribution in [1.29, 1.82) is 0 Å². The van der Waals surface area contributed by atoms with Crippen LogP contribution in [0.5, 0.6) is 0 Å². The van der Waals surface area contributed by atoms with Gasteiger partial charge in [0.2, 0.25) is 0 Å². The number of benzene rings is 1. The van der Waals surface area contributed by atoms with Gasteiger partial charge in [-0.2, -0.15) is 0 Å². The number of rotatable bonds is 2. The predicted octanol–water partition coefficient (Wildman–Crippen LogP) is 3.18. The third-order valence-electron chi connectivity index (χ3n) is 3.53. The van der Waals surface area contributed by atoms with Crippen LogP contribution in [-0.4, -0.2) is 11.6 Å². The topological polar surface area (TPSA) is 34.1 Å². The molecule has 1 aromatic carbocycles. The third kappa shape index (κ3) is 2.63. The van der Waals surface area contributed by atoms with E-state index in [9.17, 15) is 9.59 Å². The summed E-state index contributed by atoms with van der Waals surface area (Å²) in [6, 6.07) is 7.51. The Morgan fingerprint density at radius 2 is 2.12 bits per heavy atom. The summed E-state index contributed by atoms with van der Waals surface area (Å²) in [5, 5.41) is 0. The number of ketones is 2. The van der Waals surface area contributed by atoms with Crippen LogP contribution in [0, 0.1) is 18.8 Å². The van der Waals surface area contributed by atoms with Gasteiger partial charge < -0.3 is 0 Å². The van der Waals surface area contributed by atoms with Crippen molar-refractivity contribution in [3.05, 3.63) is 35.4 Å². The Labute approximate surface area is 102 Å². The first-order valence-corrected chi connectivity index (χ1v) is 6.21. The molecule has 2 unspecified atom stereocenters. The third-order valence-corrected chi connectivity index (χ3v) is 3.53. The van der Waals surface area contributed by atoms with Gasteiger partial charge in [0, 0.05) is 12.0 Å². The number of aryl methyl sites for hydroxylation is 1. The highest BCUT2D eigenvalue weighted by Gasteiger charge is 2.32. The molecular weight excluding hydrogens is 212 g/mol. The Morgan fingerprint density at radius 3 is 2.82 bits per heavy atom. The first-order chi connectivity index (χ1) is 8.08. The Bertz CT molecular complexity index is 448. The summed E-state index contributed by atoms with van der Waals surface area (Å²) in [5.41, 5.74) is 1.74. The maximum absolute atomic E-state index is 12.3. The Morgan fingerprint density at radius 1 is 1.35 bits per heavy atom. The summed E-state index contributed by atoms with van der Waals surface area (Å²) in [5.74, 6) is 0.201. The monoisotopic (exact) mass is 230 g/mol. The van der Waals surface area contributed by atoms with Crippen LogP contribution in [0.25, 0.3) is 0 Å². The zero-order chi connectivity index (χ0) is 12.4. The second-order valence-corrected chi connectivity index (χ2v) is 5.13. The number of Topliss-reactive ketones (excluding diaryl/α,β-unsaturated/α-hetero) is 2. The molecule has 2 rings (SSSR count). The van der Waals surface area contributed by atoms with Gasteiger partial charge in [-0.05, 0) is 31.7 Å². The van der Waals surface area contributed by atoms with Crippen molar-refractivity contribution in [1.82, 2.24) is 0 Å². The largest absolute Gasteiger partial charge is 0.299 e. The zero-order valence-corrected chi connectivity index (χ0v) is 10.4. The SMILES string of the molecule is Cc1cccc(C(=O)C2CC(C)CCC2=O)c1. The van der Waals surface area contributed by atoms with Crippen molar-refractivity contribution < 1.29 is 9.59 Å². The molecule has 0 heterocycles. The Balaban J connectivity index is 2.21. The summed E-state index contributed by atoms with van der Waals surface area (Å²) in [4.78, 5) is 24.1. The zero-order valence-electron chi connectivity index (χ0n) is 10.4. The number of carbonyl (C=O) groups is 2. The highest BCUT2D eigenvalue weighted by Crippen LogP contribution is 2.28. The maximum Gasteiger partial charge on any atom is 0.173 e. The molecule has 1 aliphatic carbocycles. The van der Waals surface area contributed by atoms with Crippen LogP contribution in [0.15, 0.2) is 24.3 Å². The smallest absolute Gasteiger partial charge is 0.173 e. The van der Waals surface area contributed by atoms with Crippen molar-refractivity contribution in [3.8, 4) is 0 Å². The first-order valence-electron chi connectivity index (χ1n) is 6.21. The lowest BCUT2D eigenvalue weighted by Crippen LogP contribution is -2.30. The first kappa shape index (κ1) is 12.0. The van der Waals surface area contributed by atoms with E-state index in [0.717, 1.165) is 12.0 Å². The van der Waals surface area contributed by atoms with E-state index >= 15 is 0 Å². The molecule has 0 amide bonds. The van der Waals surface area contributed by atoms with E-state index in [0.29, 0.717) is 24.3 Å². The van der Waals surface area contributed by atoms with Gasteiger partial charge in [-0.3, -0.25) is 9.59 Å². The van der Waals surface area contributed by atoms with Crippen LogP contribution < -0.4 is 0 Å². The van der Waals surface area contributed by atoms with Crippen LogP contribution in [0.1, 0.15) is 42.1 Å². The number of carbonyl (C=O) groups excluding carboxylic acids is 2. The lowest BCUT2D eigenvalue weighted by atomic mass is 9.78. The summed E-state index contributed by atoms with van der Waals surface area (Å²) >= 11 is 0. The summed E-state index contributed by atoms with van der Waals surface area (Å²) < 4.78 is 0. The molecule has 0 radical (unpaired) electrons. The fourth-order valence-electron chi connectivity index (χ4n) is 2.47. The molecule has 1 aromatic rings. The highest BCUT2D eigenvalue weighted by atomic mass is 16.1. The maximum atomic E-state index is 12.3. The Kier molecular flexibility index (Phi) is 3.41. The summed E-state index contributed by atoms with van der Waals surface area (Å²) in [7, 11) is 0. The number of hydrogen-bond donors (Lipinski definition) is 0. The molecule has 1 saturated carbocycles. The lowest BCUT2D eigenvalue weighted by Gasteiger charge is -2.24. The molecule has 2 heteroatoms. The fourth-order valence-corrected chi connectivity index (χ4v) is 2.47. The van der Waals surface area contributed by atoms with Crippen molar-refractivity contribution in [2.75, 3.05) is 0 Å². The fraction of sp³-hybridized carbons (Fsp3) is 0.467. The minimum Gasteiger partial charge on any atom is -0.299 e. The van der Waals surface area contributed by atoms with Gasteiger partial charge in [-0.25, -0.2) is 0 Å². The molecular formula is C15H18O2. The van der Waals surface area contributed by atoms with Gasteiger partial charge >= 0.3 is 0 Å². The highest BCUT2D eigenvalue weighted by molar-refractivity contribution is 6.11. The molecule has 1 aliphatic rings. The summed E-state index contributed by atoms with van der Waals surface area (Å²) in [6.45, 7) is 4.07. The average molecular weight is 230 g/mol. The van der Waals surface area contributed by atoms with Gasteiger partial charge in [0.1, 0.15) is 5.78 Å². The molecule has 17 heavy (non-hydrogen) atoms. The van der Waals surface area contributed by atoms with Crippen LogP contribution in [0.4, 0.5) is 0 Å². The second-order valence-electron chi connectivity index (χ2n) is 5.13. The van der Waals surface area contributed by atoms with Crippen molar-refractivity contribution in [3.63, 3.8) is 0 Å². The van der Waals surface area contributed by atoms with E-state index < -0.39 is 5.92 Å². The van der Waals surface area contributed by atoms with E-state index in [1.165, 1.54) is 0 Å². The van der Waals surface area contributed by atoms with E-state index in [4.69, 9.17) is 0 Å². The molecule has 0 bridgehead atoms. The van der Waals surface area contributed by atoms with Crippen molar-refractivity contribution in [2.24, 2.45) is 11.8 Å². The minimum atomic E-state index is -0.402. The molecule has 0 aromatic heterocycles.